The second-order valence-corrected chi connectivity index (χ2v) is 11.3. The van der Waals surface area contributed by atoms with Crippen LogP contribution < -0.4 is 0 Å². The summed E-state index contributed by atoms with van der Waals surface area (Å²) in [6.07, 6.45) is -14.9. The van der Waals surface area contributed by atoms with E-state index >= 15 is 0 Å². The molecule has 246 valence electrons. The summed E-state index contributed by atoms with van der Waals surface area (Å²) in [5.74, 6) is 0. The summed E-state index contributed by atoms with van der Waals surface area (Å²) in [6, 6.07) is 27.1. The van der Waals surface area contributed by atoms with Gasteiger partial charge in [0.05, 0.1) is 26.4 Å². The molecule has 1 heterocycles. The van der Waals surface area contributed by atoms with E-state index in [-0.39, 0.29) is 26.4 Å². The lowest BCUT2D eigenvalue weighted by molar-refractivity contribution is -0.326. The zero-order valence-electron chi connectivity index (χ0n) is 25.0. The maximum atomic E-state index is 10.7. The molecule has 2 aliphatic rings. The summed E-state index contributed by atoms with van der Waals surface area (Å²) >= 11 is 0. The lowest BCUT2D eigenvalue weighted by Crippen LogP contribution is -2.67. The minimum atomic E-state index is -1.83. The van der Waals surface area contributed by atoms with Gasteiger partial charge in [-0.2, -0.15) is 0 Å². The SMILES string of the molecule is [N-]=[N+]=N[C@H]1[C@@H](OC2[C@@H](O)[C@H](O)C(O)[C@@H](O)[C@H]2O)O[C@H](COCc2ccccc2)[C@H](OCc2ccccc2)[C@@H]1OCc1ccccc1. The largest absolute Gasteiger partial charge is 0.387 e. The van der Waals surface area contributed by atoms with Gasteiger partial charge >= 0.3 is 0 Å². The number of benzene rings is 3. The molecule has 0 spiro atoms. The van der Waals surface area contributed by atoms with Gasteiger partial charge in [-0.15, -0.1) is 0 Å². The minimum absolute atomic E-state index is 0.0118. The van der Waals surface area contributed by atoms with Crippen molar-refractivity contribution in [1.82, 2.24) is 0 Å². The van der Waals surface area contributed by atoms with Gasteiger partial charge in [-0.25, -0.2) is 0 Å². The van der Waals surface area contributed by atoms with E-state index in [2.05, 4.69) is 10.0 Å². The Balaban J connectivity index is 1.45. The average Bonchev–Trinajstić information content (AvgIpc) is 3.09. The number of aliphatic hydroxyl groups is 5. The number of ether oxygens (including phenoxy) is 5. The summed E-state index contributed by atoms with van der Waals surface area (Å²) in [7, 11) is 0. The van der Waals surface area contributed by atoms with Crippen molar-refractivity contribution in [3.63, 3.8) is 0 Å². The molecule has 1 saturated heterocycles. The lowest BCUT2D eigenvalue weighted by Gasteiger charge is -2.48. The van der Waals surface area contributed by atoms with Crippen molar-refractivity contribution >= 4 is 0 Å². The number of nitrogens with zero attached hydrogens (tertiary/aromatic N) is 3. The second kappa shape index (κ2) is 16.4. The Morgan fingerprint density at radius 3 is 1.57 bits per heavy atom. The predicted octanol–water partition coefficient (Wildman–Crippen LogP) is 1.98. The number of azide groups is 1. The van der Waals surface area contributed by atoms with Gasteiger partial charge in [0, 0.05) is 4.91 Å². The first kappa shape index (κ1) is 33.9. The van der Waals surface area contributed by atoms with E-state index in [9.17, 15) is 31.1 Å². The molecule has 3 aromatic carbocycles. The van der Waals surface area contributed by atoms with Crippen LogP contribution in [-0.2, 0) is 43.5 Å². The lowest BCUT2D eigenvalue weighted by atomic mass is 9.84. The van der Waals surface area contributed by atoms with Crippen molar-refractivity contribution in [3.8, 4) is 0 Å². The third-order valence-corrected chi connectivity index (χ3v) is 8.13. The Morgan fingerprint density at radius 1 is 0.609 bits per heavy atom. The molecule has 13 nitrogen and oxygen atoms in total. The fourth-order valence-electron chi connectivity index (χ4n) is 5.63. The maximum absolute atomic E-state index is 10.7. The number of hydrogen-bond acceptors (Lipinski definition) is 11. The monoisotopic (exact) mass is 637 g/mol. The van der Waals surface area contributed by atoms with E-state index in [4.69, 9.17) is 23.7 Å². The molecule has 1 aliphatic heterocycles. The molecule has 13 heteroatoms. The van der Waals surface area contributed by atoms with Crippen LogP contribution in [0.15, 0.2) is 96.1 Å². The van der Waals surface area contributed by atoms with Crippen LogP contribution in [0.1, 0.15) is 16.7 Å². The van der Waals surface area contributed by atoms with Gasteiger partial charge in [0.2, 0.25) is 0 Å². The van der Waals surface area contributed by atoms with Crippen molar-refractivity contribution in [2.75, 3.05) is 6.61 Å². The quantitative estimate of drug-likeness (QED) is 0.105. The molecular formula is C33H39N3O10. The first-order valence-electron chi connectivity index (χ1n) is 15.1. The van der Waals surface area contributed by atoms with Crippen LogP contribution in [0.4, 0.5) is 0 Å². The first-order valence-corrected chi connectivity index (χ1v) is 15.1. The van der Waals surface area contributed by atoms with Gasteiger partial charge in [-0.05, 0) is 22.2 Å². The zero-order chi connectivity index (χ0) is 32.5. The Kier molecular flexibility index (Phi) is 12.1. The van der Waals surface area contributed by atoms with Gasteiger partial charge in [0.15, 0.2) is 6.29 Å². The smallest absolute Gasteiger partial charge is 0.169 e. The van der Waals surface area contributed by atoms with Gasteiger partial charge in [-0.3, -0.25) is 0 Å². The highest BCUT2D eigenvalue weighted by Crippen LogP contribution is 2.34. The number of rotatable bonds is 13. The summed E-state index contributed by atoms with van der Waals surface area (Å²) in [5.41, 5.74) is 12.2. The Labute approximate surface area is 266 Å². The third-order valence-electron chi connectivity index (χ3n) is 8.13. The number of aliphatic hydroxyl groups excluding tert-OH is 5. The Hall–Kier alpha value is -3.43. The molecule has 0 aromatic heterocycles. The van der Waals surface area contributed by atoms with Crippen molar-refractivity contribution in [1.29, 1.82) is 0 Å². The Morgan fingerprint density at radius 2 is 1.07 bits per heavy atom. The fraction of sp³-hybridized carbons (Fsp3) is 0.455. The summed E-state index contributed by atoms with van der Waals surface area (Å²) in [4.78, 5) is 3.00. The highest BCUT2D eigenvalue weighted by atomic mass is 16.7. The minimum Gasteiger partial charge on any atom is -0.387 e. The molecule has 2 fully saturated rings. The molecule has 0 radical (unpaired) electrons. The molecule has 3 aromatic rings. The third kappa shape index (κ3) is 8.28. The normalized spacial score (nSPS) is 32.8. The van der Waals surface area contributed by atoms with Crippen molar-refractivity contribution in [2.24, 2.45) is 5.11 Å². The standard InChI is InChI=1S/C33H39N3O10/c34-36-35-24-31(44-18-22-14-8-3-9-15-22)30(43-17-21-12-6-2-7-13-21)23(19-42-16-20-10-4-1-5-11-20)45-33(24)46-32-28(40)26(38)25(37)27(39)29(32)41/h1-15,23-33,37-41H,16-19H2/t23-,24-,25?,26-,27-,28-,29+,30+,31-,32?,33-/m1/s1. The molecule has 0 bridgehead atoms. The summed E-state index contributed by atoms with van der Waals surface area (Å²) in [5, 5.41) is 56.1. The van der Waals surface area contributed by atoms with Crippen LogP contribution in [0.5, 0.6) is 0 Å². The van der Waals surface area contributed by atoms with Crippen LogP contribution in [0.25, 0.3) is 10.4 Å². The molecule has 0 amide bonds. The maximum Gasteiger partial charge on any atom is 0.169 e. The highest BCUT2D eigenvalue weighted by Gasteiger charge is 2.53. The van der Waals surface area contributed by atoms with Crippen LogP contribution in [0, 0.1) is 0 Å². The molecule has 1 aliphatic carbocycles. The van der Waals surface area contributed by atoms with E-state index in [0.29, 0.717) is 0 Å². The molecule has 5 rings (SSSR count). The van der Waals surface area contributed by atoms with E-state index in [1.54, 1.807) is 0 Å². The molecule has 11 atom stereocenters. The van der Waals surface area contributed by atoms with E-state index in [1.807, 2.05) is 91.0 Å². The number of hydrogen-bond donors (Lipinski definition) is 5. The van der Waals surface area contributed by atoms with Crippen molar-refractivity contribution in [2.45, 2.75) is 87.1 Å². The molecular weight excluding hydrogens is 598 g/mol. The highest BCUT2D eigenvalue weighted by molar-refractivity contribution is 5.16. The first-order chi connectivity index (χ1) is 22.4. The summed E-state index contributed by atoms with van der Waals surface area (Å²) < 4.78 is 31.1. The molecule has 46 heavy (non-hydrogen) atoms. The van der Waals surface area contributed by atoms with Crippen molar-refractivity contribution in [3.05, 3.63) is 118 Å². The van der Waals surface area contributed by atoms with Crippen LogP contribution in [0.3, 0.4) is 0 Å². The zero-order valence-corrected chi connectivity index (χ0v) is 25.0. The fourth-order valence-corrected chi connectivity index (χ4v) is 5.63. The molecule has 2 unspecified atom stereocenters. The molecule has 1 saturated carbocycles. The van der Waals surface area contributed by atoms with Gasteiger partial charge in [-0.1, -0.05) is 96.1 Å². The van der Waals surface area contributed by atoms with Crippen molar-refractivity contribution < 1.29 is 49.2 Å². The van der Waals surface area contributed by atoms with E-state index in [0.717, 1.165) is 16.7 Å². The summed E-state index contributed by atoms with van der Waals surface area (Å²) in [6.45, 7) is 0.516. The van der Waals surface area contributed by atoms with Crippen LogP contribution in [0.2, 0.25) is 0 Å². The predicted molar refractivity (Wildman–Crippen MR) is 163 cm³/mol. The van der Waals surface area contributed by atoms with Crippen LogP contribution >= 0.6 is 0 Å². The van der Waals surface area contributed by atoms with Gasteiger partial charge in [0.25, 0.3) is 0 Å². The molecule has 5 N–H and O–H groups in total. The average molecular weight is 638 g/mol. The van der Waals surface area contributed by atoms with Gasteiger partial charge < -0.3 is 49.2 Å². The van der Waals surface area contributed by atoms with E-state index < -0.39 is 67.3 Å². The topological polar surface area (TPSA) is 196 Å². The second-order valence-electron chi connectivity index (χ2n) is 11.3. The Bertz CT molecular complexity index is 1370. The van der Waals surface area contributed by atoms with Gasteiger partial charge in [0.1, 0.15) is 61.0 Å². The van der Waals surface area contributed by atoms with E-state index in [1.165, 1.54) is 0 Å². The van der Waals surface area contributed by atoms with Crippen LogP contribution in [-0.4, -0.2) is 99.4 Å².